The average molecular weight is 598 g/mol. The van der Waals surface area contributed by atoms with Gasteiger partial charge in [-0.15, -0.1) is 0 Å². The van der Waals surface area contributed by atoms with Crippen LogP contribution in [0.2, 0.25) is 0 Å². The van der Waals surface area contributed by atoms with Crippen molar-refractivity contribution in [3.05, 3.63) is 94.9 Å². The second kappa shape index (κ2) is 12.1. The third-order valence-electron chi connectivity index (χ3n) is 6.68. The van der Waals surface area contributed by atoms with Crippen molar-refractivity contribution in [3.8, 4) is 17.2 Å². The molecule has 0 saturated carbocycles. The smallest absolute Gasteiger partial charge is 0.338 e. The van der Waals surface area contributed by atoms with Crippen LogP contribution >= 0.6 is 0 Å². The number of benzene rings is 3. The van der Waals surface area contributed by atoms with Crippen molar-refractivity contribution in [1.29, 1.82) is 0 Å². The number of hydrogen-bond donors (Lipinski definition) is 2. The van der Waals surface area contributed by atoms with Crippen LogP contribution in [0, 0.1) is 5.82 Å². The zero-order valence-corrected chi connectivity index (χ0v) is 23.6. The van der Waals surface area contributed by atoms with Gasteiger partial charge in [0.25, 0.3) is 0 Å². The summed E-state index contributed by atoms with van der Waals surface area (Å²) in [6, 6.07) is 14.5. The maximum Gasteiger partial charge on any atom is 0.338 e. The zero-order valence-electron chi connectivity index (χ0n) is 22.8. The lowest BCUT2D eigenvalue weighted by Gasteiger charge is -2.32. The van der Waals surface area contributed by atoms with E-state index in [-0.39, 0.29) is 36.1 Å². The summed E-state index contributed by atoms with van der Waals surface area (Å²) >= 11 is 0. The lowest BCUT2D eigenvalue weighted by molar-refractivity contribution is -0.139. The van der Waals surface area contributed by atoms with E-state index in [1.54, 1.807) is 49.4 Å². The number of fused-ring (bicyclic) bond motifs is 1. The van der Waals surface area contributed by atoms with Crippen LogP contribution in [0.3, 0.4) is 0 Å². The first-order valence-electron chi connectivity index (χ1n) is 13.0. The Kier molecular flexibility index (Phi) is 8.31. The first kappa shape index (κ1) is 28.9. The second-order valence-corrected chi connectivity index (χ2v) is 11.3. The molecule has 5 rings (SSSR count). The fraction of sp³-hybridized carbons (Fsp3) is 0.241. The van der Waals surface area contributed by atoms with Crippen molar-refractivity contribution in [1.82, 2.24) is 14.9 Å². The third-order valence-corrected chi connectivity index (χ3v) is 8.49. The molecule has 0 bridgehead atoms. The summed E-state index contributed by atoms with van der Waals surface area (Å²) in [6.07, 6.45) is 0. The number of rotatable bonds is 10. The number of urea groups is 1. The Hall–Kier alpha value is -4.62. The van der Waals surface area contributed by atoms with Crippen molar-refractivity contribution in [2.45, 2.75) is 24.4 Å². The number of esters is 1. The van der Waals surface area contributed by atoms with Crippen molar-refractivity contribution < 1.29 is 41.3 Å². The van der Waals surface area contributed by atoms with Crippen LogP contribution in [0.5, 0.6) is 17.2 Å². The first-order valence-corrected chi connectivity index (χ1v) is 14.4. The Labute approximate surface area is 241 Å². The van der Waals surface area contributed by atoms with Crippen LogP contribution < -0.4 is 24.8 Å². The summed E-state index contributed by atoms with van der Waals surface area (Å²) in [5.74, 6) is 0.209. The van der Waals surface area contributed by atoms with Gasteiger partial charge in [-0.1, -0.05) is 18.2 Å². The molecular formula is C29H28FN3O8S. The van der Waals surface area contributed by atoms with Crippen molar-refractivity contribution in [3.63, 3.8) is 0 Å². The van der Waals surface area contributed by atoms with Gasteiger partial charge in [-0.2, -0.15) is 4.31 Å². The van der Waals surface area contributed by atoms with Crippen molar-refractivity contribution >= 4 is 22.0 Å². The quantitative estimate of drug-likeness (QED) is 0.339. The van der Waals surface area contributed by atoms with Gasteiger partial charge in [0.1, 0.15) is 11.6 Å². The number of hydrogen-bond acceptors (Lipinski definition) is 8. The highest BCUT2D eigenvalue weighted by atomic mass is 32.2. The topological polar surface area (TPSA) is 132 Å². The number of sulfonamides is 1. The number of halogens is 1. The van der Waals surface area contributed by atoms with Crippen molar-refractivity contribution in [2.24, 2.45) is 0 Å². The molecule has 2 aliphatic rings. The number of carbonyl (C=O) groups excluding carboxylic acids is 2. The minimum atomic E-state index is -4.28. The molecule has 2 N–H and O–H groups in total. The summed E-state index contributed by atoms with van der Waals surface area (Å²) in [6.45, 7) is 1.14. The van der Waals surface area contributed by atoms with E-state index in [1.165, 1.54) is 7.11 Å². The SMILES string of the molecule is CCOC(=O)C1=C(CN(Cc2ccc3c(c2)OCO3)S(=O)(=O)c2ccc(F)cc2)NC(=O)N[C@@H]1c1ccc(OC)cc1. The maximum absolute atomic E-state index is 13.9. The molecule has 0 spiro atoms. The number of nitrogens with one attached hydrogen (secondary N) is 2. The molecule has 220 valence electrons. The number of methoxy groups -OCH3 is 1. The first-order chi connectivity index (χ1) is 20.2. The summed E-state index contributed by atoms with van der Waals surface area (Å²) in [5.41, 5.74) is 1.17. The molecular weight excluding hydrogens is 569 g/mol. The van der Waals surface area contributed by atoms with Gasteiger partial charge in [0.05, 0.1) is 36.8 Å². The van der Waals surface area contributed by atoms with Gasteiger partial charge >= 0.3 is 12.0 Å². The molecule has 0 fully saturated rings. The Morgan fingerprint density at radius 3 is 2.43 bits per heavy atom. The maximum atomic E-state index is 13.9. The van der Waals surface area contributed by atoms with Gasteiger partial charge in [-0.25, -0.2) is 22.4 Å². The molecule has 3 aromatic rings. The van der Waals surface area contributed by atoms with Gasteiger partial charge in [0.2, 0.25) is 16.8 Å². The molecule has 0 aliphatic carbocycles. The van der Waals surface area contributed by atoms with E-state index in [0.29, 0.717) is 28.4 Å². The van der Waals surface area contributed by atoms with Gasteiger partial charge in [0, 0.05) is 12.2 Å². The van der Waals surface area contributed by atoms with Gasteiger partial charge in [-0.05, 0) is 66.6 Å². The van der Waals surface area contributed by atoms with E-state index < -0.39 is 40.4 Å². The van der Waals surface area contributed by atoms with E-state index in [9.17, 15) is 22.4 Å². The molecule has 0 aromatic heterocycles. The van der Waals surface area contributed by atoms with Crippen molar-refractivity contribution in [2.75, 3.05) is 27.1 Å². The number of nitrogens with zero attached hydrogens (tertiary/aromatic N) is 1. The number of carbonyl (C=O) groups is 2. The van der Waals surface area contributed by atoms with Gasteiger partial charge in [-0.3, -0.25) is 0 Å². The Bertz CT molecular complexity index is 1630. The monoisotopic (exact) mass is 597 g/mol. The zero-order chi connectivity index (χ0) is 29.9. The van der Waals surface area contributed by atoms with Gasteiger partial charge < -0.3 is 29.6 Å². The van der Waals surface area contributed by atoms with Crippen LogP contribution in [0.15, 0.2) is 82.9 Å². The number of amides is 2. The molecule has 0 radical (unpaired) electrons. The number of ether oxygens (including phenoxy) is 4. The lowest BCUT2D eigenvalue weighted by atomic mass is 9.95. The van der Waals surface area contributed by atoms with E-state index in [0.717, 1.165) is 28.6 Å². The highest BCUT2D eigenvalue weighted by Gasteiger charge is 2.36. The molecule has 42 heavy (non-hydrogen) atoms. The molecule has 2 amide bonds. The molecule has 13 heteroatoms. The third kappa shape index (κ3) is 6.02. The van der Waals surface area contributed by atoms with E-state index in [2.05, 4.69) is 10.6 Å². The Morgan fingerprint density at radius 2 is 1.74 bits per heavy atom. The molecule has 11 nitrogen and oxygen atoms in total. The normalized spacial score (nSPS) is 16.2. The second-order valence-electron chi connectivity index (χ2n) is 9.33. The van der Waals surface area contributed by atoms with Crippen LogP contribution in [0.4, 0.5) is 9.18 Å². The summed E-state index contributed by atoms with van der Waals surface area (Å²) in [7, 11) is -2.77. The summed E-state index contributed by atoms with van der Waals surface area (Å²) in [5, 5.41) is 5.34. The predicted molar refractivity (Wildman–Crippen MR) is 148 cm³/mol. The highest BCUT2D eigenvalue weighted by Crippen LogP contribution is 2.34. The van der Waals surface area contributed by atoms with E-state index in [4.69, 9.17) is 18.9 Å². The Balaban J connectivity index is 1.60. The average Bonchev–Trinajstić information content (AvgIpc) is 3.45. The molecule has 2 aliphatic heterocycles. The van der Waals surface area contributed by atoms with E-state index >= 15 is 0 Å². The van der Waals surface area contributed by atoms with Crippen LogP contribution in [-0.2, 0) is 26.1 Å². The minimum Gasteiger partial charge on any atom is -0.497 e. The summed E-state index contributed by atoms with van der Waals surface area (Å²) in [4.78, 5) is 26.0. The van der Waals surface area contributed by atoms with Gasteiger partial charge in [0.15, 0.2) is 11.5 Å². The highest BCUT2D eigenvalue weighted by molar-refractivity contribution is 7.89. The summed E-state index contributed by atoms with van der Waals surface area (Å²) < 4.78 is 64.0. The molecule has 3 aromatic carbocycles. The fourth-order valence-corrected chi connectivity index (χ4v) is 6.04. The van der Waals surface area contributed by atoms with Crippen LogP contribution in [0.1, 0.15) is 24.1 Å². The standard InChI is InChI=1S/C29H28FN3O8S/c1-3-39-28(34)26-23(31-29(35)32-27(26)19-5-9-21(38-2)10-6-19)16-33(42(36,37)22-11-7-20(30)8-12-22)15-18-4-13-24-25(14-18)41-17-40-24/h4-14,27H,3,15-17H2,1-2H3,(H2,31,32,35)/t27-/m1/s1. The largest absolute Gasteiger partial charge is 0.497 e. The van der Waals surface area contributed by atoms with Crippen LogP contribution in [-0.4, -0.2) is 51.8 Å². The Morgan fingerprint density at radius 1 is 1.02 bits per heavy atom. The molecule has 1 atom stereocenters. The molecule has 2 heterocycles. The van der Waals surface area contributed by atoms with Crippen LogP contribution in [0.25, 0.3) is 0 Å². The van der Waals surface area contributed by atoms with E-state index in [1.807, 2.05) is 0 Å². The fourth-order valence-electron chi connectivity index (χ4n) is 4.64. The lowest BCUT2D eigenvalue weighted by Crippen LogP contribution is -2.49. The minimum absolute atomic E-state index is 0.0319. The molecule has 0 saturated heterocycles. The predicted octanol–water partition coefficient (Wildman–Crippen LogP) is 3.63. The molecule has 0 unspecified atom stereocenters.